The second kappa shape index (κ2) is 37.6. The van der Waals surface area contributed by atoms with Crippen LogP contribution in [-0.2, 0) is 19.1 Å². The molecule has 0 heterocycles. The Morgan fingerprint density at radius 1 is 0.500 bits per heavy atom. The number of unbranched alkanes of at least 4 members (excludes halogenated alkanes) is 21. The second-order valence-corrected chi connectivity index (χ2v) is 13.0. The highest BCUT2D eigenvalue weighted by atomic mass is 16.6. The lowest BCUT2D eigenvalue weighted by molar-refractivity contribution is -0.161. The van der Waals surface area contributed by atoms with Crippen LogP contribution in [-0.4, -0.2) is 36.4 Å². The fourth-order valence-corrected chi connectivity index (χ4v) is 5.40. The third kappa shape index (κ3) is 35.0. The molecular formula is C41H74O5. The molecule has 5 heteroatoms. The zero-order valence-corrected chi connectivity index (χ0v) is 30.3. The van der Waals surface area contributed by atoms with Gasteiger partial charge in [-0.3, -0.25) is 9.59 Å². The molecular weight excluding hydrogens is 572 g/mol. The van der Waals surface area contributed by atoms with E-state index in [4.69, 9.17) is 9.47 Å². The predicted molar refractivity (Wildman–Crippen MR) is 196 cm³/mol. The average Bonchev–Trinajstić information content (AvgIpc) is 3.06. The first-order valence-corrected chi connectivity index (χ1v) is 19.5. The summed E-state index contributed by atoms with van der Waals surface area (Å²) in [6.45, 7) is 4.09. The molecule has 0 aliphatic rings. The number of hydrogen-bond acceptors (Lipinski definition) is 5. The van der Waals surface area contributed by atoms with Crippen molar-refractivity contribution in [1.29, 1.82) is 0 Å². The summed E-state index contributed by atoms with van der Waals surface area (Å²) in [6, 6.07) is 0. The molecule has 0 aromatic rings. The minimum Gasteiger partial charge on any atom is -0.462 e. The quantitative estimate of drug-likeness (QED) is 0.0421. The molecule has 5 nitrogen and oxygen atoms in total. The number of ether oxygens (including phenoxy) is 2. The largest absolute Gasteiger partial charge is 0.462 e. The highest BCUT2D eigenvalue weighted by Crippen LogP contribution is 2.13. The van der Waals surface area contributed by atoms with E-state index >= 15 is 0 Å². The summed E-state index contributed by atoms with van der Waals surface area (Å²) in [5.41, 5.74) is 0. The molecule has 0 spiro atoms. The highest BCUT2D eigenvalue weighted by molar-refractivity contribution is 5.70. The maximum Gasteiger partial charge on any atom is 0.306 e. The summed E-state index contributed by atoms with van der Waals surface area (Å²) in [5, 5.41) is 9.55. The number of aliphatic hydroxyl groups is 1. The van der Waals surface area contributed by atoms with Crippen molar-refractivity contribution >= 4 is 11.9 Å². The molecule has 0 radical (unpaired) electrons. The summed E-state index contributed by atoms with van der Waals surface area (Å²) in [6.07, 6.45) is 44.8. The van der Waals surface area contributed by atoms with Crippen LogP contribution in [0.2, 0.25) is 0 Å². The first-order valence-electron chi connectivity index (χ1n) is 19.5. The molecule has 0 aliphatic heterocycles. The molecule has 0 aliphatic carbocycles. The van der Waals surface area contributed by atoms with Crippen LogP contribution < -0.4 is 0 Å². The smallest absolute Gasteiger partial charge is 0.306 e. The predicted octanol–water partition coefficient (Wildman–Crippen LogP) is 12.1. The number of aliphatic hydroxyl groups excluding tert-OH is 1. The number of esters is 2. The van der Waals surface area contributed by atoms with Gasteiger partial charge in [0, 0.05) is 12.8 Å². The van der Waals surface area contributed by atoms with Gasteiger partial charge < -0.3 is 14.6 Å². The molecule has 1 N–H and O–H groups in total. The number of rotatable bonds is 35. The first kappa shape index (κ1) is 44.1. The monoisotopic (exact) mass is 647 g/mol. The Morgan fingerprint density at radius 3 is 1.35 bits per heavy atom. The maximum atomic E-state index is 12.2. The van der Waals surface area contributed by atoms with Crippen molar-refractivity contribution in [1.82, 2.24) is 0 Å². The van der Waals surface area contributed by atoms with E-state index in [9.17, 15) is 14.7 Å². The van der Waals surface area contributed by atoms with Gasteiger partial charge in [-0.1, -0.05) is 147 Å². The van der Waals surface area contributed by atoms with Gasteiger partial charge in [-0.15, -0.1) is 0 Å². The number of carbonyl (C=O) groups excluding carboxylic acids is 2. The summed E-state index contributed by atoms with van der Waals surface area (Å²) >= 11 is 0. The van der Waals surface area contributed by atoms with Crippen molar-refractivity contribution in [2.45, 2.75) is 200 Å². The van der Waals surface area contributed by atoms with E-state index in [-0.39, 0.29) is 25.2 Å². The zero-order chi connectivity index (χ0) is 33.6. The Hall–Kier alpha value is -1.88. The Kier molecular flexibility index (Phi) is 36.0. The molecule has 0 saturated carbocycles. The molecule has 0 amide bonds. The summed E-state index contributed by atoms with van der Waals surface area (Å²) in [4.78, 5) is 24.2. The highest BCUT2D eigenvalue weighted by Gasteiger charge is 2.16. The average molecular weight is 647 g/mol. The summed E-state index contributed by atoms with van der Waals surface area (Å²) < 4.78 is 10.6. The molecule has 0 rings (SSSR count). The normalized spacial score (nSPS) is 12.5. The van der Waals surface area contributed by atoms with Crippen LogP contribution in [0.15, 0.2) is 36.5 Å². The van der Waals surface area contributed by atoms with Crippen LogP contribution in [0.5, 0.6) is 0 Å². The Balaban J connectivity index is 3.57. The van der Waals surface area contributed by atoms with Crippen LogP contribution in [0.4, 0.5) is 0 Å². The Morgan fingerprint density at radius 2 is 0.870 bits per heavy atom. The van der Waals surface area contributed by atoms with E-state index in [0.29, 0.717) is 12.8 Å². The van der Waals surface area contributed by atoms with E-state index in [1.54, 1.807) is 0 Å². The van der Waals surface area contributed by atoms with Crippen LogP contribution >= 0.6 is 0 Å². The van der Waals surface area contributed by atoms with Crippen molar-refractivity contribution in [3.63, 3.8) is 0 Å². The molecule has 0 fully saturated rings. The van der Waals surface area contributed by atoms with Crippen LogP contribution in [0.1, 0.15) is 194 Å². The van der Waals surface area contributed by atoms with Crippen LogP contribution in [0.3, 0.4) is 0 Å². The van der Waals surface area contributed by atoms with E-state index in [2.05, 4.69) is 50.3 Å². The van der Waals surface area contributed by atoms with Gasteiger partial charge in [-0.25, -0.2) is 0 Å². The first-order chi connectivity index (χ1) is 22.6. The van der Waals surface area contributed by atoms with Crippen molar-refractivity contribution in [3.05, 3.63) is 36.5 Å². The molecule has 46 heavy (non-hydrogen) atoms. The third-order valence-corrected chi connectivity index (χ3v) is 8.41. The van der Waals surface area contributed by atoms with Crippen molar-refractivity contribution in [3.8, 4) is 0 Å². The van der Waals surface area contributed by atoms with Gasteiger partial charge >= 0.3 is 11.9 Å². The van der Waals surface area contributed by atoms with Gasteiger partial charge in [0.25, 0.3) is 0 Å². The van der Waals surface area contributed by atoms with Gasteiger partial charge in [-0.2, -0.15) is 0 Å². The molecule has 1 atom stereocenters. The molecule has 0 unspecified atom stereocenters. The Bertz CT molecular complexity index is 741. The second-order valence-electron chi connectivity index (χ2n) is 13.0. The number of allylic oxidation sites excluding steroid dienone is 6. The third-order valence-electron chi connectivity index (χ3n) is 8.41. The maximum absolute atomic E-state index is 12.2. The molecule has 0 bridgehead atoms. The van der Waals surface area contributed by atoms with Gasteiger partial charge in [0.1, 0.15) is 6.61 Å². The van der Waals surface area contributed by atoms with Crippen molar-refractivity contribution < 1.29 is 24.2 Å². The zero-order valence-electron chi connectivity index (χ0n) is 30.3. The Labute approximate surface area is 285 Å². The standard InChI is InChI=1S/C41H74O5/c1-3-5-7-9-11-13-15-17-19-20-22-24-26-28-30-32-34-36-41(44)46-39(37-42)38-45-40(43)35-33-31-29-27-25-23-21-18-16-14-12-10-8-6-4-2/h11,13-14,16-17,19,39,42H,3-10,12,15,18,20-38H2,1-2H3/b13-11+,16-14+,19-17+/t39-/m0/s1. The van der Waals surface area contributed by atoms with Crippen molar-refractivity contribution in [2.24, 2.45) is 0 Å². The minimum absolute atomic E-state index is 0.0702. The van der Waals surface area contributed by atoms with Crippen LogP contribution in [0, 0.1) is 0 Å². The summed E-state index contributed by atoms with van der Waals surface area (Å²) in [5.74, 6) is -0.603. The van der Waals surface area contributed by atoms with E-state index < -0.39 is 6.10 Å². The lowest BCUT2D eigenvalue weighted by Crippen LogP contribution is -2.28. The topological polar surface area (TPSA) is 72.8 Å². The van der Waals surface area contributed by atoms with Crippen LogP contribution in [0.25, 0.3) is 0 Å². The fourth-order valence-electron chi connectivity index (χ4n) is 5.40. The lowest BCUT2D eigenvalue weighted by atomic mass is 10.1. The fraction of sp³-hybridized carbons (Fsp3) is 0.805. The van der Waals surface area contributed by atoms with Gasteiger partial charge in [0.05, 0.1) is 6.61 Å². The molecule has 0 aromatic carbocycles. The molecule has 268 valence electrons. The lowest BCUT2D eigenvalue weighted by Gasteiger charge is -2.15. The van der Waals surface area contributed by atoms with E-state index in [1.165, 1.54) is 116 Å². The van der Waals surface area contributed by atoms with Crippen molar-refractivity contribution in [2.75, 3.05) is 13.2 Å². The van der Waals surface area contributed by atoms with Gasteiger partial charge in [-0.05, 0) is 70.6 Å². The minimum atomic E-state index is -0.775. The van der Waals surface area contributed by atoms with E-state index in [0.717, 1.165) is 51.4 Å². The van der Waals surface area contributed by atoms with Gasteiger partial charge in [0.15, 0.2) is 6.10 Å². The van der Waals surface area contributed by atoms with Gasteiger partial charge in [0.2, 0.25) is 0 Å². The molecule has 0 saturated heterocycles. The number of hydrogen-bond donors (Lipinski definition) is 1. The number of carbonyl (C=O) groups is 2. The SMILES string of the molecule is CCCCC/C=C/C/C=C/CCCCCCCCCC(=O)O[C@@H](CO)COC(=O)CCCCCCCCC/C=C/CCCCCC. The summed E-state index contributed by atoms with van der Waals surface area (Å²) in [7, 11) is 0. The van der Waals surface area contributed by atoms with E-state index in [1.807, 2.05) is 0 Å². The molecule has 0 aromatic heterocycles.